The molecular weight excluding hydrogens is 483 g/mol. The molecule has 1 aromatic carbocycles. The Bertz CT molecular complexity index is 1320. The molecule has 1 amide bonds. The number of carbonyl (C=O) groups excluding carboxylic acids is 2. The van der Waals surface area contributed by atoms with Gasteiger partial charge in [-0.05, 0) is 61.6 Å². The van der Waals surface area contributed by atoms with Crippen LogP contribution in [0.15, 0.2) is 40.3 Å². The van der Waals surface area contributed by atoms with Crippen molar-refractivity contribution < 1.29 is 18.7 Å². The van der Waals surface area contributed by atoms with Gasteiger partial charge in [0.25, 0.3) is 5.91 Å². The fourth-order valence-electron chi connectivity index (χ4n) is 3.69. The molecule has 0 spiro atoms. The first-order valence-electron chi connectivity index (χ1n) is 10.1. The number of thiophene rings is 1. The molecule has 1 aliphatic rings. The maximum absolute atomic E-state index is 12.9. The zero-order valence-corrected chi connectivity index (χ0v) is 19.9. The Kier molecular flexibility index (Phi) is 6.89. The molecule has 168 valence electrons. The Hall–Kier alpha value is -3.05. The van der Waals surface area contributed by atoms with Gasteiger partial charge < -0.3 is 14.5 Å². The van der Waals surface area contributed by atoms with Gasteiger partial charge >= 0.3 is 5.97 Å². The molecule has 1 N–H and O–H groups in total. The van der Waals surface area contributed by atoms with Gasteiger partial charge in [-0.3, -0.25) is 4.79 Å². The number of methoxy groups -OCH3 is 1. The van der Waals surface area contributed by atoms with E-state index in [1.807, 2.05) is 6.07 Å². The third-order valence-corrected chi connectivity index (χ3v) is 7.03. The van der Waals surface area contributed by atoms with Crippen molar-refractivity contribution in [2.45, 2.75) is 25.7 Å². The zero-order valence-electron chi connectivity index (χ0n) is 17.5. The van der Waals surface area contributed by atoms with Gasteiger partial charge in [-0.1, -0.05) is 23.2 Å². The molecule has 3 aromatic rings. The average molecular weight is 501 g/mol. The number of nitrogens with one attached hydrogen (secondary N) is 1. The first kappa shape index (κ1) is 23.1. The van der Waals surface area contributed by atoms with Gasteiger partial charge in [-0.2, -0.15) is 5.26 Å². The van der Waals surface area contributed by atoms with E-state index in [-0.39, 0.29) is 5.57 Å². The third kappa shape index (κ3) is 4.83. The van der Waals surface area contributed by atoms with Gasteiger partial charge in [0.05, 0.1) is 17.7 Å². The number of halogens is 2. The Morgan fingerprint density at radius 3 is 2.76 bits per heavy atom. The fraction of sp³-hybridized carbons (Fsp3) is 0.208. The Labute approximate surface area is 204 Å². The van der Waals surface area contributed by atoms with Gasteiger partial charge in [0.2, 0.25) is 0 Å². The lowest BCUT2D eigenvalue weighted by Gasteiger charge is -2.11. The number of nitriles is 1. The topological polar surface area (TPSA) is 92.3 Å². The van der Waals surface area contributed by atoms with E-state index in [4.69, 9.17) is 32.4 Å². The summed E-state index contributed by atoms with van der Waals surface area (Å²) in [4.78, 5) is 26.3. The Morgan fingerprint density at radius 2 is 2.00 bits per heavy atom. The van der Waals surface area contributed by atoms with E-state index in [2.05, 4.69) is 5.32 Å². The van der Waals surface area contributed by atoms with Crippen molar-refractivity contribution in [3.05, 3.63) is 67.7 Å². The van der Waals surface area contributed by atoms with E-state index in [0.29, 0.717) is 37.7 Å². The van der Waals surface area contributed by atoms with Crippen molar-refractivity contribution in [2.24, 2.45) is 0 Å². The smallest absolute Gasteiger partial charge is 0.341 e. The van der Waals surface area contributed by atoms with Gasteiger partial charge in [0.15, 0.2) is 0 Å². The zero-order chi connectivity index (χ0) is 23.5. The summed E-state index contributed by atoms with van der Waals surface area (Å²) in [5.41, 5.74) is 1.72. The van der Waals surface area contributed by atoms with Gasteiger partial charge in [-0.25, -0.2) is 4.79 Å². The summed E-state index contributed by atoms with van der Waals surface area (Å²) < 4.78 is 10.7. The predicted molar refractivity (Wildman–Crippen MR) is 129 cm³/mol. The molecule has 9 heteroatoms. The van der Waals surface area contributed by atoms with E-state index in [1.165, 1.54) is 24.5 Å². The minimum atomic E-state index is -0.639. The molecule has 0 bridgehead atoms. The number of aryl methyl sites for hydroxylation is 1. The number of esters is 1. The molecule has 0 atom stereocenters. The van der Waals surface area contributed by atoms with E-state index in [9.17, 15) is 14.9 Å². The lowest BCUT2D eigenvalue weighted by molar-refractivity contribution is -0.112. The number of nitrogens with zero attached hydrogens (tertiary/aromatic N) is 1. The molecular formula is C24H18Cl2N2O4S. The molecule has 0 saturated heterocycles. The number of amides is 1. The second-order valence-electron chi connectivity index (χ2n) is 7.36. The maximum atomic E-state index is 12.9. The highest BCUT2D eigenvalue weighted by molar-refractivity contribution is 7.17. The number of hydrogen-bond donors (Lipinski definition) is 1. The number of rotatable bonds is 5. The van der Waals surface area contributed by atoms with E-state index in [1.54, 1.807) is 30.3 Å². The molecule has 0 fully saturated rings. The van der Waals surface area contributed by atoms with Crippen LogP contribution in [0.5, 0.6) is 0 Å². The van der Waals surface area contributed by atoms with Crippen LogP contribution in [0.2, 0.25) is 10.0 Å². The number of anilines is 1. The molecule has 0 saturated carbocycles. The molecule has 0 unspecified atom stereocenters. The summed E-state index contributed by atoms with van der Waals surface area (Å²) in [6.07, 6.45) is 4.95. The van der Waals surface area contributed by atoms with Crippen LogP contribution in [-0.2, 0) is 22.4 Å². The SMILES string of the molecule is COC(=O)c1c(NC(=O)C(C#N)=Cc2ccc(-c3cc(Cl)ccc3Cl)o2)sc2c1CCCC2. The summed E-state index contributed by atoms with van der Waals surface area (Å²) in [6.45, 7) is 0. The highest BCUT2D eigenvalue weighted by Gasteiger charge is 2.27. The van der Waals surface area contributed by atoms with Crippen LogP contribution in [0.3, 0.4) is 0 Å². The molecule has 2 heterocycles. The summed E-state index contributed by atoms with van der Waals surface area (Å²) in [6, 6.07) is 10.2. The number of furan rings is 1. The Morgan fingerprint density at radius 1 is 1.21 bits per heavy atom. The molecule has 0 radical (unpaired) electrons. The second-order valence-corrected chi connectivity index (χ2v) is 9.31. The number of benzene rings is 1. The summed E-state index contributed by atoms with van der Waals surface area (Å²) in [5, 5.41) is 13.6. The van der Waals surface area contributed by atoms with E-state index >= 15 is 0 Å². The van der Waals surface area contributed by atoms with Crippen LogP contribution >= 0.6 is 34.5 Å². The molecule has 0 aliphatic heterocycles. The standard InChI is InChI=1S/C24H18Cl2N2O4S/c1-31-24(30)21-16-4-2-3-5-20(16)33-23(21)28-22(29)13(12-27)10-15-7-9-19(32-15)17-11-14(25)6-8-18(17)26/h6-11H,2-5H2,1H3,(H,28,29). The highest BCUT2D eigenvalue weighted by Crippen LogP contribution is 2.39. The van der Waals surface area contributed by atoms with Gasteiger partial charge in [0.1, 0.15) is 28.2 Å². The van der Waals surface area contributed by atoms with Crippen molar-refractivity contribution >= 4 is 57.5 Å². The van der Waals surface area contributed by atoms with Crippen LogP contribution in [0.4, 0.5) is 5.00 Å². The lowest BCUT2D eigenvalue weighted by atomic mass is 9.95. The first-order valence-corrected chi connectivity index (χ1v) is 11.7. The van der Waals surface area contributed by atoms with Crippen molar-refractivity contribution in [3.8, 4) is 17.4 Å². The van der Waals surface area contributed by atoms with Crippen LogP contribution in [0, 0.1) is 11.3 Å². The van der Waals surface area contributed by atoms with Crippen molar-refractivity contribution in [2.75, 3.05) is 12.4 Å². The Balaban J connectivity index is 1.61. The van der Waals surface area contributed by atoms with E-state index < -0.39 is 11.9 Å². The first-order chi connectivity index (χ1) is 15.9. The molecule has 2 aromatic heterocycles. The highest BCUT2D eigenvalue weighted by atomic mass is 35.5. The normalized spacial score (nSPS) is 13.2. The minimum Gasteiger partial charge on any atom is -0.465 e. The summed E-state index contributed by atoms with van der Waals surface area (Å²) >= 11 is 13.6. The average Bonchev–Trinajstić information content (AvgIpc) is 3.42. The maximum Gasteiger partial charge on any atom is 0.341 e. The van der Waals surface area contributed by atoms with Crippen molar-refractivity contribution in [1.82, 2.24) is 0 Å². The van der Waals surface area contributed by atoms with Crippen LogP contribution in [-0.4, -0.2) is 19.0 Å². The fourth-order valence-corrected chi connectivity index (χ4v) is 5.35. The number of carbonyl (C=O) groups is 2. The van der Waals surface area contributed by atoms with Crippen LogP contribution in [0.25, 0.3) is 17.4 Å². The number of fused-ring (bicyclic) bond motifs is 1. The van der Waals surface area contributed by atoms with Gasteiger partial charge in [-0.15, -0.1) is 11.3 Å². The van der Waals surface area contributed by atoms with Crippen LogP contribution in [0.1, 0.15) is 39.4 Å². The summed E-state index contributed by atoms with van der Waals surface area (Å²) in [5.74, 6) is -0.391. The minimum absolute atomic E-state index is 0.171. The third-order valence-electron chi connectivity index (χ3n) is 5.26. The molecule has 6 nitrogen and oxygen atoms in total. The molecule has 4 rings (SSSR count). The molecule has 33 heavy (non-hydrogen) atoms. The van der Waals surface area contributed by atoms with Gasteiger partial charge in [0, 0.05) is 21.5 Å². The predicted octanol–water partition coefficient (Wildman–Crippen LogP) is 6.53. The monoisotopic (exact) mass is 500 g/mol. The van der Waals surface area contributed by atoms with E-state index in [0.717, 1.165) is 36.1 Å². The molecule has 1 aliphatic carbocycles. The van der Waals surface area contributed by atoms with Crippen molar-refractivity contribution in [3.63, 3.8) is 0 Å². The van der Waals surface area contributed by atoms with Crippen molar-refractivity contribution in [1.29, 1.82) is 5.26 Å². The second kappa shape index (κ2) is 9.84. The quantitative estimate of drug-likeness (QED) is 0.244. The number of hydrogen-bond acceptors (Lipinski definition) is 6. The lowest BCUT2D eigenvalue weighted by Crippen LogP contribution is -2.16. The largest absolute Gasteiger partial charge is 0.465 e. The van der Waals surface area contributed by atoms with Crippen LogP contribution < -0.4 is 5.32 Å². The number of ether oxygens (including phenoxy) is 1. The summed E-state index contributed by atoms with van der Waals surface area (Å²) in [7, 11) is 1.31.